The molecule has 3 aliphatic rings. The van der Waals surface area contributed by atoms with E-state index in [1.54, 1.807) is 79.4 Å². The van der Waals surface area contributed by atoms with E-state index in [-0.39, 0.29) is 54.4 Å². The third kappa shape index (κ3) is 10.2. The van der Waals surface area contributed by atoms with Crippen molar-refractivity contribution in [1.29, 1.82) is 0 Å². The number of benzene rings is 2. The number of amides is 2. The van der Waals surface area contributed by atoms with Gasteiger partial charge in [0.05, 0.1) is 58.9 Å². The van der Waals surface area contributed by atoms with Crippen LogP contribution in [-0.2, 0) is 22.5 Å². The summed E-state index contributed by atoms with van der Waals surface area (Å²) >= 11 is 6.73. The molecule has 1 saturated heterocycles. The van der Waals surface area contributed by atoms with Crippen LogP contribution in [0.25, 0.3) is 45.0 Å². The molecule has 0 radical (unpaired) electrons. The maximum Gasteiger partial charge on any atom is 0.498 e. The van der Waals surface area contributed by atoms with Gasteiger partial charge in [-0.1, -0.05) is 0 Å². The molecule has 398 valence electrons. The summed E-state index contributed by atoms with van der Waals surface area (Å²) in [4.78, 5) is 30.2. The van der Waals surface area contributed by atoms with E-state index in [2.05, 4.69) is 36.3 Å². The SMILES string of the molecule is CC1(C)OB(c2cn[nH]c2)OC1(C)C.COc1cc2c(cc1-c1cn[nH]c1)-c1c(c(C(=O)N(C)C(C)(C)C)nn1-c1ccsc1)CO2.COc1cc2c(cc1Br)-c1c(c(C(=O)N(C)C(C)(C)C)nn1-c1ccsc1)CO2. The van der Waals surface area contributed by atoms with Crippen LogP contribution in [0.5, 0.6) is 23.0 Å². The molecule has 2 amide bonds. The monoisotopic (exact) mass is 1130 g/mol. The van der Waals surface area contributed by atoms with Crippen LogP contribution in [0.3, 0.4) is 0 Å². The number of nitrogens with one attached hydrogen (secondary N) is 2. The van der Waals surface area contributed by atoms with Gasteiger partial charge in [0, 0.05) is 106 Å². The molecule has 0 spiro atoms. The van der Waals surface area contributed by atoms with Gasteiger partial charge in [-0.15, -0.1) is 0 Å². The van der Waals surface area contributed by atoms with Crippen LogP contribution in [0.15, 0.2) is 87.2 Å². The van der Waals surface area contributed by atoms with Crippen LogP contribution in [0.4, 0.5) is 0 Å². The molecule has 18 nitrogen and oxygen atoms in total. The number of ether oxygens (including phenoxy) is 4. The molecule has 8 aromatic rings. The van der Waals surface area contributed by atoms with Gasteiger partial charge in [0.1, 0.15) is 36.2 Å². The van der Waals surface area contributed by atoms with E-state index < -0.39 is 0 Å². The molecule has 2 N–H and O–H groups in total. The first kappa shape index (κ1) is 54.1. The van der Waals surface area contributed by atoms with Gasteiger partial charge in [0.15, 0.2) is 11.4 Å². The Morgan fingerprint density at radius 1 is 0.697 bits per heavy atom. The zero-order chi connectivity index (χ0) is 54.6. The summed E-state index contributed by atoms with van der Waals surface area (Å²) in [5, 5.41) is 31.1. The number of rotatable bonds is 8. The Labute approximate surface area is 458 Å². The number of aromatic amines is 2. The average molecular weight is 1130 g/mol. The number of aromatic nitrogens is 8. The summed E-state index contributed by atoms with van der Waals surface area (Å²) < 4.78 is 39.3. The maximum absolute atomic E-state index is 13.5. The fourth-order valence-corrected chi connectivity index (χ4v) is 10.2. The number of hydrogen-bond donors (Lipinski definition) is 2. The van der Waals surface area contributed by atoms with E-state index in [4.69, 9.17) is 38.5 Å². The lowest BCUT2D eigenvalue weighted by Gasteiger charge is -2.32. The minimum Gasteiger partial charge on any atom is -0.496 e. The van der Waals surface area contributed by atoms with Crippen molar-refractivity contribution in [3.05, 3.63) is 110 Å². The third-order valence-electron chi connectivity index (χ3n) is 14.2. The Morgan fingerprint density at radius 3 is 1.59 bits per heavy atom. The number of halogens is 1. The minimum atomic E-state index is -0.342. The summed E-state index contributed by atoms with van der Waals surface area (Å²) in [6.45, 7) is 20.7. The second-order valence-corrected chi connectivity index (χ2v) is 23.8. The van der Waals surface area contributed by atoms with Crippen molar-refractivity contribution in [2.75, 3.05) is 28.3 Å². The molecule has 0 bridgehead atoms. The molecule has 0 unspecified atom stereocenters. The summed E-state index contributed by atoms with van der Waals surface area (Å²) in [5.74, 6) is 2.51. The predicted octanol–water partition coefficient (Wildman–Crippen LogP) is 10.6. The van der Waals surface area contributed by atoms with Gasteiger partial charge >= 0.3 is 7.12 Å². The Balaban J connectivity index is 0.000000150. The lowest BCUT2D eigenvalue weighted by Crippen LogP contribution is -2.43. The number of thiophene rings is 2. The van der Waals surface area contributed by atoms with Gasteiger partial charge in [0.25, 0.3) is 11.8 Å². The van der Waals surface area contributed by atoms with Crippen molar-refractivity contribution >= 4 is 63.0 Å². The molecule has 0 aliphatic carbocycles. The Morgan fingerprint density at radius 2 is 1.17 bits per heavy atom. The molecule has 9 heterocycles. The molecule has 2 aromatic carbocycles. The highest BCUT2D eigenvalue weighted by Gasteiger charge is 2.52. The van der Waals surface area contributed by atoms with Crippen LogP contribution < -0.4 is 24.4 Å². The quantitative estimate of drug-likeness (QED) is 0.137. The lowest BCUT2D eigenvalue weighted by atomic mass is 9.82. The first-order valence-electron chi connectivity index (χ1n) is 24.5. The molecule has 0 atom stereocenters. The topological polar surface area (TPSA) is 189 Å². The summed E-state index contributed by atoms with van der Waals surface area (Å²) in [6, 6.07) is 11.7. The summed E-state index contributed by atoms with van der Waals surface area (Å²) in [7, 11) is 6.55. The molecule has 11 rings (SSSR count). The van der Waals surface area contributed by atoms with Gasteiger partial charge in [-0.05, 0) is 120 Å². The third-order valence-corrected chi connectivity index (χ3v) is 16.1. The minimum absolute atomic E-state index is 0.123. The molecule has 3 aliphatic heterocycles. The molecule has 6 aromatic heterocycles. The Bertz CT molecular complexity index is 3360. The second kappa shape index (κ2) is 20.7. The first-order valence-corrected chi connectivity index (χ1v) is 27.2. The maximum atomic E-state index is 13.5. The molecular weight excluding hydrogens is 1070 g/mol. The fraction of sp³-hybridized carbons (Fsp3) is 0.370. The van der Waals surface area contributed by atoms with E-state index >= 15 is 0 Å². The van der Waals surface area contributed by atoms with Crippen molar-refractivity contribution in [2.45, 2.75) is 105 Å². The number of fused-ring (bicyclic) bond motifs is 6. The standard InChI is InChI=1S/C24H25N5O3S.C21H22BrN3O3S.C9H15BN2O2/c1-24(2,3)28(4)23(30)21-18-12-32-20-9-19(31-5)16(14-10-25-26-11-14)8-17(20)22(18)29(27-21)15-6-7-33-13-15;1-21(2,3)24(4)20(26)18-14-10-28-16-9-17(27-5)15(22)8-13(16)19(14)25(23-18)12-6-7-29-11-12;1-8(2)9(3,4)14-10(13-8)7-5-11-12-6-7/h6-11,13H,12H2,1-5H3,(H,25,26);6-9,11H,10H2,1-5H3;5-6H,1-4H3,(H,11,12). The van der Waals surface area contributed by atoms with E-state index in [9.17, 15) is 9.59 Å². The number of nitrogens with zero attached hydrogens (tertiary/aromatic N) is 8. The van der Waals surface area contributed by atoms with Gasteiger partial charge < -0.3 is 38.1 Å². The number of hydrogen-bond acceptors (Lipinski definition) is 14. The summed E-state index contributed by atoms with van der Waals surface area (Å²) in [5.41, 5.74) is 9.14. The first-order chi connectivity index (χ1) is 35.9. The van der Waals surface area contributed by atoms with Crippen LogP contribution in [-0.4, -0.2) is 119 Å². The van der Waals surface area contributed by atoms with E-state index in [1.807, 2.05) is 143 Å². The lowest BCUT2D eigenvalue weighted by molar-refractivity contribution is 0.00578. The van der Waals surface area contributed by atoms with Crippen molar-refractivity contribution in [3.8, 4) is 68.0 Å². The molecular formula is C54H62BBrN10O8S2. The van der Waals surface area contributed by atoms with E-state index in [1.165, 1.54) is 0 Å². The van der Waals surface area contributed by atoms with E-state index in [0.717, 1.165) is 66.1 Å². The highest BCUT2D eigenvalue weighted by molar-refractivity contribution is 9.10. The smallest absolute Gasteiger partial charge is 0.496 e. The van der Waals surface area contributed by atoms with E-state index in [0.29, 0.717) is 34.4 Å². The van der Waals surface area contributed by atoms with Crippen LogP contribution in [0, 0.1) is 0 Å². The molecule has 0 saturated carbocycles. The van der Waals surface area contributed by atoms with Crippen LogP contribution in [0.1, 0.15) is 101 Å². The van der Waals surface area contributed by atoms with Crippen molar-refractivity contribution in [3.63, 3.8) is 0 Å². The Hall–Kier alpha value is -6.72. The van der Waals surface area contributed by atoms with Crippen molar-refractivity contribution in [1.82, 2.24) is 49.8 Å². The Kier molecular flexibility index (Phi) is 14.7. The highest BCUT2D eigenvalue weighted by Crippen LogP contribution is 2.48. The van der Waals surface area contributed by atoms with Crippen LogP contribution in [0.2, 0.25) is 0 Å². The average Bonchev–Trinajstić information content (AvgIpc) is 4.28. The predicted molar refractivity (Wildman–Crippen MR) is 299 cm³/mol. The summed E-state index contributed by atoms with van der Waals surface area (Å²) in [6.07, 6.45) is 7.08. The second-order valence-electron chi connectivity index (χ2n) is 21.4. The van der Waals surface area contributed by atoms with Gasteiger partial charge in [0.2, 0.25) is 0 Å². The largest absolute Gasteiger partial charge is 0.498 e. The van der Waals surface area contributed by atoms with Gasteiger partial charge in [-0.2, -0.15) is 43.1 Å². The normalized spacial score (nSPS) is 14.8. The van der Waals surface area contributed by atoms with Gasteiger partial charge in [-0.3, -0.25) is 19.8 Å². The molecule has 22 heteroatoms. The number of methoxy groups -OCH3 is 2. The molecule has 76 heavy (non-hydrogen) atoms. The number of carbonyl (C=O) groups is 2. The zero-order valence-electron chi connectivity index (χ0n) is 45.1. The van der Waals surface area contributed by atoms with Gasteiger partial charge in [-0.25, -0.2) is 9.36 Å². The fourth-order valence-electron chi connectivity index (χ4n) is 8.45. The number of carbonyl (C=O) groups excluding carboxylic acids is 2. The molecule has 1 fully saturated rings. The van der Waals surface area contributed by atoms with Crippen LogP contribution >= 0.6 is 38.6 Å². The van der Waals surface area contributed by atoms with Crippen molar-refractivity contribution in [2.24, 2.45) is 0 Å². The highest BCUT2D eigenvalue weighted by atomic mass is 79.9. The zero-order valence-corrected chi connectivity index (χ0v) is 48.3. The number of H-pyrrole nitrogens is 2. The van der Waals surface area contributed by atoms with Crippen molar-refractivity contribution < 1.29 is 37.8 Å².